The first kappa shape index (κ1) is 15.8. The summed E-state index contributed by atoms with van der Waals surface area (Å²) in [5.74, 6) is 1.06. The van der Waals surface area contributed by atoms with Crippen molar-refractivity contribution in [3.8, 4) is 0 Å². The molecule has 1 aromatic rings. The van der Waals surface area contributed by atoms with Gasteiger partial charge in [0.25, 0.3) is 0 Å². The number of nitrogens with zero attached hydrogens (tertiary/aromatic N) is 3. The van der Waals surface area contributed by atoms with E-state index in [1.807, 2.05) is 6.92 Å². The molecule has 0 aliphatic carbocycles. The van der Waals surface area contributed by atoms with Crippen LogP contribution in [0.25, 0.3) is 0 Å². The van der Waals surface area contributed by atoms with Crippen molar-refractivity contribution in [1.82, 2.24) is 14.9 Å². The summed E-state index contributed by atoms with van der Waals surface area (Å²) >= 11 is 4.97. The fraction of sp³-hybridized carbons (Fsp3) is 0.615. The number of hydrogen-bond acceptors (Lipinski definition) is 5. The van der Waals surface area contributed by atoms with Crippen molar-refractivity contribution < 1.29 is 0 Å². The van der Waals surface area contributed by atoms with Crippen LogP contribution in [-0.2, 0) is 0 Å². The summed E-state index contributed by atoms with van der Waals surface area (Å²) in [5.41, 5.74) is 7.09. The average molecular weight is 281 g/mol. The molecule has 5 nitrogen and oxygen atoms in total. The average Bonchev–Trinajstić information content (AvgIpc) is 2.26. The monoisotopic (exact) mass is 281 g/mol. The topological polar surface area (TPSA) is 67.1 Å². The van der Waals surface area contributed by atoms with Crippen LogP contribution in [0.4, 0.5) is 5.95 Å². The maximum absolute atomic E-state index is 5.63. The summed E-state index contributed by atoms with van der Waals surface area (Å²) in [6, 6.07) is 2.07. The first-order valence-corrected chi connectivity index (χ1v) is 6.77. The van der Waals surface area contributed by atoms with E-state index in [-0.39, 0.29) is 6.04 Å². The Morgan fingerprint density at radius 2 is 2.05 bits per heavy atom. The Labute approximate surface area is 120 Å². The maximum Gasteiger partial charge on any atom is 0.223 e. The van der Waals surface area contributed by atoms with Crippen LogP contribution >= 0.6 is 12.2 Å². The van der Waals surface area contributed by atoms with Crippen LogP contribution in [-0.4, -0.2) is 46.5 Å². The van der Waals surface area contributed by atoms with Crippen molar-refractivity contribution in [3.63, 3.8) is 0 Å². The van der Waals surface area contributed by atoms with Crippen molar-refractivity contribution in [2.75, 3.05) is 26.0 Å². The molecule has 3 N–H and O–H groups in total. The van der Waals surface area contributed by atoms with E-state index in [0.717, 1.165) is 12.2 Å². The minimum Gasteiger partial charge on any atom is -0.388 e. The van der Waals surface area contributed by atoms with Gasteiger partial charge in [0.2, 0.25) is 5.95 Å². The van der Waals surface area contributed by atoms with Crippen LogP contribution in [0.5, 0.6) is 0 Å². The lowest BCUT2D eigenvalue weighted by Crippen LogP contribution is -2.37. The standard InChI is InChI=1S/C13H23N5S/c1-8(2)11(7-18(4)5)17-13-15-9(3)6-10(16-13)12(14)19/h6,8,11H,7H2,1-5H3,(H2,14,19)(H,15,16,17). The van der Waals surface area contributed by atoms with Gasteiger partial charge in [0.1, 0.15) is 10.7 Å². The zero-order valence-electron chi connectivity index (χ0n) is 12.3. The number of rotatable bonds is 6. The minimum absolute atomic E-state index is 0.274. The van der Waals surface area contributed by atoms with Gasteiger partial charge in [-0.3, -0.25) is 0 Å². The zero-order chi connectivity index (χ0) is 14.6. The van der Waals surface area contributed by atoms with Crippen molar-refractivity contribution >= 4 is 23.2 Å². The molecule has 0 saturated heterocycles. The van der Waals surface area contributed by atoms with Crippen molar-refractivity contribution in [1.29, 1.82) is 0 Å². The van der Waals surface area contributed by atoms with Gasteiger partial charge in [-0.2, -0.15) is 0 Å². The van der Waals surface area contributed by atoms with E-state index in [9.17, 15) is 0 Å². The molecule has 1 atom stereocenters. The number of anilines is 1. The largest absolute Gasteiger partial charge is 0.388 e. The fourth-order valence-electron chi connectivity index (χ4n) is 1.74. The van der Waals surface area contributed by atoms with Crippen LogP contribution in [0.3, 0.4) is 0 Å². The Balaban J connectivity index is 2.92. The van der Waals surface area contributed by atoms with Gasteiger partial charge in [-0.25, -0.2) is 9.97 Å². The Kier molecular flexibility index (Phi) is 5.62. The second-order valence-electron chi connectivity index (χ2n) is 5.34. The fourth-order valence-corrected chi connectivity index (χ4v) is 1.85. The van der Waals surface area contributed by atoms with Crippen molar-refractivity contribution in [2.45, 2.75) is 26.8 Å². The molecular weight excluding hydrogens is 258 g/mol. The minimum atomic E-state index is 0.274. The van der Waals surface area contributed by atoms with Gasteiger partial charge in [-0.15, -0.1) is 0 Å². The molecule has 0 saturated carbocycles. The number of thiocarbonyl (C=S) groups is 1. The third-order valence-corrected chi connectivity index (χ3v) is 3.00. The Morgan fingerprint density at radius 3 is 2.53 bits per heavy atom. The quantitative estimate of drug-likeness (QED) is 0.769. The molecule has 0 radical (unpaired) electrons. The molecule has 106 valence electrons. The highest BCUT2D eigenvalue weighted by Gasteiger charge is 2.16. The molecule has 0 bridgehead atoms. The number of nitrogens with one attached hydrogen (secondary N) is 1. The number of nitrogens with two attached hydrogens (primary N) is 1. The van der Waals surface area contributed by atoms with Gasteiger partial charge in [0, 0.05) is 18.3 Å². The molecule has 1 unspecified atom stereocenters. The second-order valence-corrected chi connectivity index (χ2v) is 5.78. The highest BCUT2D eigenvalue weighted by Crippen LogP contribution is 2.11. The molecule has 1 heterocycles. The van der Waals surface area contributed by atoms with Crippen LogP contribution in [0.1, 0.15) is 25.2 Å². The lowest BCUT2D eigenvalue weighted by Gasteiger charge is -2.25. The van der Waals surface area contributed by atoms with E-state index in [2.05, 4.69) is 48.1 Å². The molecule has 0 aliphatic heterocycles. The van der Waals surface area contributed by atoms with Gasteiger partial charge < -0.3 is 16.0 Å². The summed E-state index contributed by atoms with van der Waals surface area (Å²) in [5, 5.41) is 3.37. The summed E-state index contributed by atoms with van der Waals surface area (Å²) in [6.07, 6.45) is 0. The Morgan fingerprint density at radius 1 is 1.42 bits per heavy atom. The zero-order valence-corrected chi connectivity index (χ0v) is 13.1. The molecule has 0 amide bonds. The molecule has 19 heavy (non-hydrogen) atoms. The van der Waals surface area contributed by atoms with E-state index in [4.69, 9.17) is 18.0 Å². The summed E-state index contributed by atoms with van der Waals surface area (Å²) < 4.78 is 0. The molecule has 0 spiro atoms. The SMILES string of the molecule is Cc1cc(C(N)=S)nc(NC(CN(C)C)C(C)C)n1. The van der Waals surface area contributed by atoms with Gasteiger partial charge >= 0.3 is 0 Å². The number of aromatic nitrogens is 2. The van der Waals surface area contributed by atoms with E-state index in [0.29, 0.717) is 22.5 Å². The number of hydrogen-bond donors (Lipinski definition) is 2. The lowest BCUT2D eigenvalue weighted by molar-refractivity contribution is 0.343. The number of aryl methyl sites for hydroxylation is 1. The van der Waals surface area contributed by atoms with Gasteiger partial charge in [0.15, 0.2) is 0 Å². The van der Waals surface area contributed by atoms with Crippen LogP contribution in [0.2, 0.25) is 0 Å². The molecule has 0 aromatic carbocycles. The third kappa shape index (κ3) is 5.08. The molecule has 0 aliphatic rings. The van der Waals surface area contributed by atoms with Crippen molar-refractivity contribution in [2.24, 2.45) is 11.7 Å². The van der Waals surface area contributed by atoms with E-state index in [1.54, 1.807) is 6.07 Å². The summed E-state index contributed by atoms with van der Waals surface area (Å²) in [4.78, 5) is 11.2. The number of likely N-dealkylation sites (N-methyl/N-ethyl adjacent to an activating group) is 1. The molecule has 1 aromatic heterocycles. The first-order chi connectivity index (χ1) is 8.79. The normalized spacial score (nSPS) is 12.8. The van der Waals surface area contributed by atoms with Crippen LogP contribution < -0.4 is 11.1 Å². The molecule has 1 rings (SSSR count). The second kappa shape index (κ2) is 6.77. The Hall–Kier alpha value is -1.27. The Bertz CT molecular complexity index is 445. The summed E-state index contributed by atoms with van der Waals surface area (Å²) in [6.45, 7) is 7.17. The van der Waals surface area contributed by atoms with Gasteiger partial charge in [-0.05, 0) is 33.0 Å². The predicted octanol–water partition coefficient (Wildman–Crippen LogP) is 1.42. The van der Waals surface area contributed by atoms with E-state index >= 15 is 0 Å². The maximum atomic E-state index is 5.63. The van der Waals surface area contributed by atoms with Crippen LogP contribution in [0, 0.1) is 12.8 Å². The highest BCUT2D eigenvalue weighted by atomic mass is 32.1. The van der Waals surface area contributed by atoms with Gasteiger partial charge in [0.05, 0.1) is 0 Å². The van der Waals surface area contributed by atoms with Crippen molar-refractivity contribution in [3.05, 3.63) is 17.5 Å². The molecular formula is C13H23N5S. The van der Waals surface area contributed by atoms with E-state index in [1.165, 1.54) is 0 Å². The third-order valence-electron chi connectivity index (χ3n) is 2.79. The summed E-state index contributed by atoms with van der Waals surface area (Å²) in [7, 11) is 4.10. The first-order valence-electron chi connectivity index (χ1n) is 6.36. The smallest absolute Gasteiger partial charge is 0.223 e. The molecule has 0 fully saturated rings. The predicted molar refractivity (Wildman–Crippen MR) is 83.5 cm³/mol. The lowest BCUT2D eigenvalue weighted by atomic mass is 10.0. The van der Waals surface area contributed by atoms with Crippen LogP contribution in [0.15, 0.2) is 6.07 Å². The highest BCUT2D eigenvalue weighted by molar-refractivity contribution is 7.80. The molecule has 6 heteroatoms. The van der Waals surface area contributed by atoms with Gasteiger partial charge in [-0.1, -0.05) is 26.1 Å². The van der Waals surface area contributed by atoms with E-state index < -0.39 is 0 Å².